The molecule has 1 aromatic rings. The predicted octanol–water partition coefficient (Wildman–Crippen LogP) is 3.27. The van der Waals surface area contributed by atoms with Crippen LogP contribution in [0.5, 0.6) is 0 Å². The SMILES string of the molecule is C=C/C(Nc1ncnc(C)c1N=C(C)C(=O)NCCN(C)C)=C(\C=C\F)OC(C)C. The summed E-state index contributed by atoms with van der Waals surface area (Å²) >= 11 is 0. The highest BCUT2D eigenvalue weighted by molar-refractivity contribution is 6.38. The molecule has 0 saturated carbocycles. The largest absolute Gasteiger partial charge is 0.489 e. The van der Waals surface area contributed by atoms with Gasteiger partial charge in [-0.1, -0.05) is 6.58 Å². The Morgan fingerprint density at radius 3 is 2.67 bits per heavy atom. The van der Waals surface area contributed by atoms with Gasteiger partial charge in [-0.15, -0.1) is 0 Å². The zero-order valence-electron chi connectivity index (χ0n) is 18.5. The third kappa shape index (κ3) is 8.12. The predicted molar refractivity (Wildman–Crippen MR) is 118 cm³/mol. The fraction of sp³-hybridized carbons (Fsp3) is 0.429. The number of hydrogen-bond acceptors (Lipinski definition) is 7. The highest BCUT2D eigenvalue weighted by atomic mass is 19.1. The van der Waals surface area contributed by atoms with Crippen LogP contribution in [0.4, 0.5) is 15.9 Å². The molecule has 164 valence electrons. The lowest BCUT2D eigenvalue weighted by Gasteiger charge is -2.16. The Morgan fingerprint density at radius 1 is 1.40 bits per heavy atom. The van der Waals surface area contributed by atoms with Crippen LogP contribution >= 0.6 is 0 Å². The number of carbonyl (C=O) groups excluding carboxylic acids is 1. The molecule has 1 heterocycles. The van der Waals surface area contributed by atoms with Crippen LogP contribution in [0, 0.1) is 6.92 Å². The number of aliphatic imine (C=N–C) groups is 1. The molecular formula is C21H31FN6O2. The van der Waals surface area contributed by atoms with Crippen molar-refractivity contribution in [3.05, 3.63) is 48.5 Å². The summed E-state index contributed by atoms with van der Waals surface area (Å²) < 4.78 is 18.5. The Bertz CT molecular complexity index is 831. The van der Waals surface area contributed by atoms with Crippen molar-refractivity contribution in [1.29, 1.82) is 0 Å². The first-order chi connectivity index (χ1) is 14.2. The molecular weight excluding hydrogens is 387 g/mol. The number of amides is 1. The molecule has 1 aromatic heterocycles. The van der Waals surface area contributed by atoms with Crippen LogP contribution in [0.3, 0.4) is 0 Å². The van der Waals surface area contributed by atoms with E-state index in [1.54, 1.807) is 13.8 Å². The first-order valence-electron chi connectivity index (χ1n) is 9.56. The van der Waals surface area contributed by atoms with Gasteiger partial charge in [0.2, 0.25) is 0 Å². The zero-order valence-corrected chi connectivity index (χ0v) is 18.5. The first-order valence-corrected chi connectivity index (χ1v) is 9.56. The Labute approximate surface area is 177 Å². The molecule has 0 saturated heterocycles. The van der Waals surface area contributed by atoms with E-state index in [0.29, 0.717) is 42.3 Å². The van der Waals surface area contributed by atoms with E-state index >= 15 is 0 Å². The van der Waals surface area contributed by atoms with Crippen molar-refractivity contribution >= 4 is 23.1 Å². The number of nitrogens with zero attached hydrogens (tertiary/aromatic N) is 4. The molecule has 2 N–H and O–H groups in total. The molecule has 0 atom stereocenters. The third-order valence-corrected chi connectivity index (χ3v) is 3.76. The van der Waals surface area contributed by atoms with Gasteiger partial charge in [0.25, 0.3) is 5.91 Å². The minimum absolute atomic E-state index is 0.175. The molecule has 0 spiro atoms. The fourth-order valence-electron chi connectivity index (χ4n) is 2.28. The molecule has 0 aromatic carbocycles. The van der Waals surface area contributed by atoms with E-state index in [4.69, 9.17) is 4.74 Å². The lowest BCUT2D eigenvalue weighted by molar-refractivity contribution is -0.114. The standard InChI is InChI=1S/C21H31FN6O2/c1-8-17(18(9-10-22)30-14(2)3)27-20-19(15(4)24-13-25-20)26-16(5)21(29)23-11-12-28(6)7/h8-10,13-14H,1,11-12H2,2-7H3,(H,23,29)(H,24,25,27)/b10-9+,18-17-,26-16?. The number of anilines is 1. The summed E-state index contributed by atoms with van der Waals surface area (Å²) in [5.74, 6) is 0.316. The second-order valence-electron chi connectivity index (χ2n) is 6.98. The molecule has 0 aliphatic carbocycles. The molecule has 8 nitrogen and oxygen atoms in total. The van der Waals surface area contributed by atoms with Crippen LogP contribution in [0.15, 0.2) is 47.8 Å². The van der Waals surface area contributed by atoms with Crippen LogP contribution in [0.1, 0.15) is 26.5 Å². The summed E-state index contributed by atoms with van der Waals surface area (Å²) in [7, 11) is 3.85. The quantitative estimate of drug-likeness (QED) is 0.326. The topological polar surface area (TPSA) is 91.7 Å². The number of likely N-dealkylation sites (N-methyl/N-ethyl adjacent to an activating group) is 1. The molecule has 0 bridgehead atoms. The van der Waals surface area contributed by atoms with Gasteiger partial charge < -0.3 is 20.3 Å². The number of aromatic nitrogens is 2. The molecule has 0 aliphatic rings. The van der Waals surface area contributed by atoms with E-state index in [2.05, 4.69) is 32.2 Å². The number of nitrogens with one attached hydrogen (secondary N) is 2. The number of hydrogen-bond donors (Lipinski definition) is 2. The van der Waals surface area contributed by atoms with E-state index in [0.717, 1.165) is 0 Å². The summed E-state index contributed by atoms with van der Waals surface area (Å²) in [4.78, 5) is 27.1. The van der Waals surface area contributed by atoms with Crippen molar-refractivity contribution in [1.82, 2.24) is 20.2 Å². The van der Waals surface area contributed by atoms with Gasteiger partial charge in [0.1, 0.15) is 23.5 Å². The minimum atomic E-state index is -0.283. The van der Waals surface area contributed by atoms with Crippen molar-refractivity contribution in [3.8, 4) is 0 Å². The van der Waals surface area contributed by atoms with Gasteiger partial charge in [-0.3, -0.25) is 4.79 Å². The lowest BCUT2D eigenvalue weighted by atomic mass is 10.2. The molecule has 30 heavy (non-hydrogen) atoms. The molecule has 1 amide bonds. The van der Waals surface area contributed by atoms with Gasteiger partial charge in [-0.25, -0.2) is 19.4 Å². The van der Waals surface area contributed by atoms with Crippen LogP contribution < -0.4 is 10.6 Å². The van der Waals surface area contributed by atoms with Crippen LogP contribution in [0.2, 0.25) is 0 Å². The molecule has 0 fully saturated rings. The van der Waals surface area contributed by atoms with E-state index in [1.807, 2.05) is 32.8 Å². The number of halogens is 1. The summed E-state index contributed by atoms with van der Waals surface area (Å²) in [6, 6.07) is 0. The smallest absolute Gasteiger partial charge is 0.265 e. The van der Waals surface area contributed by atoms with E-state index in [9.17, 15) is 9.18 Å². The molecule has 0 aliphatic heterocycles. The van der Waals surface area contributed by atoms with Crippen molar-refractivity contribution in [2.45, 2.75) is 33.8 Å². The first kappa shape index (κ1) is 25.0. The monoisotopic (exact) mass is 418 g/mol. The number of carbonyl (C=O) groups is 1. The summed E-state index contributed by atoms with van der Waals surface area (Å²) in [6.07, 6.45) is 4.26. The van der Waals surface area contributed by atoms with Crippen LogP contribution in [0.25, 0.3) is 0 Å². The van der Waals surface area contributed by atoms with Crippen molar-refractivity contribution < 1.29 is 13.9 Å². The Kier molecular flexibility index (Phi) is 10.4. The number of aryl methyl sites for hydroxylation is 1. The van der Waals surface area contributed by atoms with Gasteiger partial charge in [0, 0.05) is 19.2 Å². The Morgan fingerprint density at radius 2 is 2.10 bits per heavy atom. The minimum Gasteiger partial charge on any atom is -0.489 e. The van der Waals surface area contributed by atoms with Crippen molar-refractivity contribution in [3.63, 3.8) is 0 Å². The van der Waals surface area contributed by atoms with Crippen molar-refractivity contribution in [2.75, 3.05) is 32.5 Å². The maximum atomic E-state index is 12.8. The molecule has 1 rings (SSSR count). The van der Waals surface area contributed by atoms with Gasteiger partial charge in [-0.2, -0.15) is 0 Å². The summed E-state index contributed by atoms with van der Waals surface area (Å²) in [5.41, 5.74) is 1.63. The average Bonchev–Trinajstić information content (AvgIpc) is 2.67. The maximum absolute atomic E-state index is 12.8. The molecule has 9 heteroatoms. The molecule has 0 unspecified atom stereocenters. The summed E-state index contributed by atoms with van der Waals surface area (Å²) in [6.45, 7) is 12.0. The fourth-order valence-corrected chi connectivity index (χ4v) is 2.28. The van der Waals surface area contributed by atoms with E-state index < -0.39 is 0 Å². The van der Waals surface area contributed by atoms with Crippen LogP contribution in [-0.4, -0.2) is 59.8 Å². The Hall–Kier alpha value is -3.07. The van der Waals surface area contributed by atoms with Crippen molar-refractivity contribution in [2.24, 2.45) is 4.99 Å². The lowest BCUT2D eigenvalue weighted by Crippen LogP contribution is -2.34. The zero-order chi connectivity index (χ0) is 22.7. The van der Waals surface area contributed by atoms with Crippen LogP contribution in [-0.2, 0) is 9.53 Å². The number of rotatable bonds is 11. The highest BCUT2D eigenvalue weighted by Gasteiger charge is 2.14. The van der Waals surface area contributed by atoms with E-state index in [1.165, 1.54) is 18.5 Å². The van der Waals surface area contributed by atoms with Gasteiger partial charge in [-0.05, 0) is 47.9 Å². The van der Waals surface area contributed by atoms with Gasteiger partial charge in [0.15, 0.2) is 5.82 Å². The summed E-state index contributed by atoms with van der Waals surface area (Å²) in [5, 5.41) is 5.87. The van der Waals surface area contributed by atoms with E-state index in [-0.39, 0.29) is 23.5 Å². The van der Waals surface area contributed by atoms with Gasteiger partial charge >= 0.3 is 0 Å². The normalized spacial score (nSPS) is 12.9. The maximum Gasteiger partial charge on any atom is 0.265 e. The second-order valence-corrected chi connectivity index (χ2v) is 6.98. The van der Waals surface area contributed by atoms with Gasteiger partial charge in [0.05, 0.1) is 23.8 Å². The second kappa shape index (κ2) is 12.5. The Balaban J connectivity index is 3.23. The highest BCUT2D eigenvalue weighted by Crippen LogP contribution is 2.27. The average molecular weight is 419 g/mol. The number of ether oxygens (including phenoxy) is 1. The third-order valence-electron chi connectivity index (χ3n) is 3.76. The number of allylic oxidation sites excluding steroid dienone is 2. The molecule has 0 radical (unpaired) electrons.